The zero-order chi connectivity index (χ0) is 11.8. The monoisotopic (exact) mass is 221 g/mol. The SMILES string of the molecule is CC(C)(C)c1cc2cc[nH]c2nc1OON. The van der Waals surface area contributed by atoms with Gasteiger partial charge in [0.15, 0.2) is 0 Å². The van der Waals surface area contributed by atoms with Crippen molar-refractivity contribution in [3.63, 3.8) is 0 Å². The molecule has 2 heterocycles. The average molecular weight is 221 g/mol. The Morgan fingerprint density at radius 3 is 2.75 bits per heavy atom. The van der Waals surface area contributed by atoms with Gasteiger partial charge in [-0.2, -0.15) is 10.9 Å². The number of aromatic amines is 1. The third kappa shape index (κ3) is 1.87. The van der Waals surface area contributed by atoms with E-state index >= 15 is 0 Å². The summed E-state index contributed by atoms with van der Waals surface area (Å²) in [6, 6.07) is 3.98. The minimum atomic E-state index is -0.0909. The van der Waals surface area contributed by atoms with Gasteiger partial charge in [0.1, 0.15) is 5.65 Å². The number of nitrogens with zero attached hydrogens (tertiary/aromatic N) is 1. The molecule has 0 saturated heterocycles. The summed E-state index contributed by atoms with van der Waals surface area (Å²) in [4.78, 5) is 16.4. The summed E-state index contributed by atoms with van der Waals surface area (Å²) in [6.07, 6.45) is 1.83. The van der Waals surface area contributed by atoms with Gasteiger partial charge in [-0.05, 0) is 17.5 Å². The van der Waals surface area contributed by atoms with Gasteiger partial charge in [-0.3, -0.25) is 4.89 Å². The van der Waals surface area contributed by atoms with Crippen molar-refractivity contribution in [1.82, 2.24) is 9.97 Å². The molecule has 5 heteroatoms. The molecule has 0 amide bonds. The number of nitrogens with two attached hydrogens (primary N) is 1. The van der Waals surface area contributed by atoms with Gasteiger partial charge in [0.2, 0.25) is 0 Å². The second kappa shape index (κ2) is 3.77. The van der Waals surface area contributed by atoms with E-state index in [1.54, 1.807) is 0 Å². The van der Waals surface area contributed by atoms with Gasteiger partial charge in [-0.1, -0.05) is 25.8 Å². The summed E-state index contributed by atoms with van der Waals surface area (Å²) >= 11 is 0. The lowest BCUT2D eigenvalue weighted by Crippen LogP contribution is -2.16. The fourth-order valence-electron chi connectivity index (χ4n) is 1.61. The van der Waals surface area contributed by atoms with Crippen molar-refractivity contribution in [3.05, 3.63) is 23.9 Å². The summed E-state index contributed by atoms with van der Waals surface area (Å²) in [6.45, 7) is 6.23. The number of rotatable bonds is 2. The molecule has 0 radical (unpaired) electrons. The highest BCUT2D eigenvalue weighted by Gasteiger charge is 2.22. The molecule has 86 valence electrons. The van der Waals surface area contributed by atoms with E-state index in [9.17, 15) is 0 Å². The minimum absolute atomic E-state index is 0.0909. The van der Waals surface area contributed by atoms with E-state index in [1.807, 2.05) is 18.3 Å². The van der Waals surface area contributed by atoms with Gasteiger partial charge in [0.25, 0.3) is 5.88 Å². The molecule has 0 aromatic carbocycles. The zero-order valence-corrected chi connectivity index (χ0v) is 9.57. The molecule has 0 aliphatic rings. The van der Waals surface area contributed by atoms with Crippen molar-refractivity contribution in [2.75, 3.05) is 0 Å². The van der Waals surface area contributed by atoms with Crippen molar-refractivity contribution >= 4 is 11.0 Å². The lowest BCUT2D eigenvalue weighted by Gasteiger charge is -2.20. The highest BCUT2D eigenvalue weighted by atomic mass is 17.3. The number of fused-ring (bicyclic) bond motifs is 1. The predicted octanol–water partition coefficient (Wildman–Crippen LogP) is 2.04. The van der Waals surface area contributed by atoms with Crippen LogP contribution in [0.5, 0.6) is 5.88 Å². The Labute approximate surface area is 93.5 Å². The van der Waals surface area contributed by atoms with Crippen LogP contribution in [0.15, 0.2) is 18.3 Å². The molecule has 16 heavy (non-hydrogen) atoms. The maximum absolute atomic E-state index is 4.92. The largest absolute Gasteiger partial charge is 0.346 e. The zero-order valence-electron chi connectivity index (χ0n) is 9.57. The lowest BCUT2D eigenvalue weighted by molar-refractivity contribution is -0.215. The van der Waals surface area contributed by atoms with Crippen molar-refractivity contribution in [3.8, 4) is 5.88 Å². The van der Waals surface area contributed by atoms with E-state index in [4.69, 9.17) is 10.8 Å². The number of hydrogen-bond donors (Lipinski definition) is 2. The quantitative estimate of drug-likeness (QED) is 0.601. The van der Waals surface area contributed by atoms with Crippen LogP contribution in [0.3, 0.4) is 0 Å². The Hall–Kier alpha value is -1.59. The smallest absolute Gasteiger partial charge is 0.264 e. The second-order valence-electron chi connectivity index (χ2n) is 4.69. The molecule has 0 saturated carbocycles. The van der Waals surface area contributed by atoms with Crippen LogP contribution in [0, 0.1) is 0 Å². The van der Waals surface area contributed by atoms with E-state index < -0.39 is 0 Å². The molecule has 2 rings (SSSR count). The Bertz CT molecular complexity index is 499. The van der Waals surface area contributed by atoms with Crippen LogP contribution in [-0.2, 0) is 10.4 Å². The Morgan fingerprint density at radius 1 is 1.38 bits per heavy atom. The molecular formula is C11H15N3O2. The lowest BCUT2D eigenvalue weighted by atomic mass is 9.87. The molecule has 0 aliphatic carbocycles. The predicted molar refractivity (Wildman–Crippen MR) is 60.7 cm³/mol. The van der Waals surface area contributed by atoms with Crippen molar-refractivity contribution in [1.29, 1.82) is 0 Å². The highest BCUT2D eigenvalue weighted by Crippen LogP contribution is 2.32. The second-order valence-corrected chi connectivity index (χ2v) is 4.69. The molecule has 0 spiro atoms. The number of pyridine rings is 1. The van der Waals surface area contributed by atoms with Gasteiger partial charge in [-0.15, -0.1) is 0 Å². The number of nitrogens with one attached hydrogen (secondary N) is 1. The van der Waals surface area contributed by atoms with Crippen molar-refractivity contribution in [2.24, 2.45) is 5.90 Å². The van der Waals surface area contributed by atoms with Crippen LogP contribution in [0.25, 0.3) is 11.0 Å². The summed E-state index contributed by atoms with van der Waals surface area (Å²) in [5, 5.41) is 1.04. The van der Waals surface area contributed by atoms with Crippen LogP contribution in [0.4, 0.5) is 0 Å². The number of H-pyrrole nitrogens is 1. The molecule has 0 fully saturated rings. The summed E-state index contributed by atoms with van der Waals surface area (Å²) < 4.78 is 0. The van der Waals surface area contributed by atoms with E-state index in [0.717, 1.165) is 16.6 Å². The first kappa shape index (κ1) is 10.9. The first-order valence-electron chi connectivity index (χ1n) is 5.04. The van der Waals surface area contributed by atoms with Crippen molar-refractivity contribution in [2.45, 2.75) is 26.2 Å². The molecule has 0 aliphatic heterocycles. The van der Waals surface area contributed by atoms with Crippen LogP contribution in [0.1, 0.15) is 26.3 Å². The van der Waals surface area contributed by atoms with Crippen LogP contribution in [0.2, 0.25) is 0 Å². The molecule has 0 bridgehead atoms. The third-order valence-corrected chi connectivity index (χ3v) is 2.44. The highest BCUT2D eigenvalue weighted by molar-refractivity contribution is 5.77. The Kier molecular flexibility index (Phi) is 2.57. The van der Waals surface area contributed by atoms with Gasteiger partial charge in [0.05, 0.1) is 0 Å². The van der Waals surface area contributed by atoms with Crippen LogP contribution < -0.4 is 10.8 Å². The Balaban J connectivity index is 2.62. The van der Waals surface area contributed by atoms with Gasteiger partial charge >= 0.3 is 0 Å². The van der Waals surface area contributed by atoms with Crippen molar-refractivity contribution < 1.29 is 9.88 Å². The molecule has 5 nitrogen and oxygen atoms in total. The maximum Gasteiger partial charge on any atom is 0.264 e. The summed E-state index contributed by atoms with van der Waals surface area (Å²) in [5.41, 5.74) is 1.61. The number of hydrogen-bond acceptors (Lipinski definition) is 4. The maximum atomic E-state index is 4.92. The summed E-state index contributed by atoms with van der Waals surface area (Å²) in [5.74, 6) is 5.31. The standard InChI is InChI=1S/C11H15N3O2/c1-11(2,3)8-6-7-4-5-13-9(7)14-10(8)15-16-12/h4-6H,12H2,1-3H3,(H,13,14). The van der Waals surface area contributed by atoms with E-state index in [1.165, 1.54) is 0 Å². The molecule has 0 atom stereocenters. The fourth-order valence-corrected chi connectivity index (χ4v) is 1.61. The van der Waals surface area contributed by atoms with Crippen LogP contribution in [-0.4, -0.2) is 9.97 Å². The van der Waals surface area contributed by atoms with Gasteiger partial charge in [0, 0.05) is 17.1 Å². The first-order chi connectivity index (χ1) is 7.52. The normalized spacial score (nSPS) is 12.0. The van der Waals surface area contributed by atoms with E-state index in [0.29, 0.717) is 5.88 Å². The van der Waals surface area contributed by atoms with E-state index in [-0.39, 0.29) is 5.41 Å². The molecule has 0 unspecified atom stereocenters. The molecular weight excluding hydrogens is 206 g/mol. The topological polar surface area (TPSA) is 73.2 Å². The molecule has 2 aromatic rings. The third-order valence-electron chi connectivity index (χ3n) is 2.44. The molecule has 2 aromatic heterocycles. The average Bonchev–Trinajstić information content (AvgIpc) is 2.62. The minimum Gasteiger partial charge on any atom is -0.346 e. The molecule has 3 N–H and O–H groups in total. The first-order valence-corrected chi connectivity index (χ1v) is 5.04. The van der Waals surface area contributed by atoms with Gasteiger partial charge < -0.3 is 4.98 Å². The van der Waals surface area contributed by atoms with Crippen LogP contribution >= 0.6 is 0 Å². The fraction of sp³-hybridized carbons (Fsp3) is 0.364. The number of aromatic nitrogens is 2. The van der Waals surface area contributed by atoms with E-state index in [2.05, 4.69) is 35.7 Å². The van der Waals surface area contributed by atoms with Gasteiger partial charge in [-0.25, -0.2) is 0 Å². The Morgan fingerprint density at radius 2 is 2.12 bits per heavy atom. The summed E-state index contributed by atoms with van der Waals surface area (Å²) in [7, 11) is 0.